The molecule has 1 N–H and O–H groups in total. The smallest absolute Gasteiger partial charge is 0.138 e. The number of nitrogens with one attached hydrogen (secondary N) is 1. The largest absolute Gasteiger partial charge is 0.488 e. The molecule has 0 bridgehead atoms. The van der Waals surface area contributed by atoms with Gasteiger partial charge in [0, 0.05) is 10.1 Å². The van der Waals surface area contributed by atoms with Gasteiger partial charge in [0.05, 0.1) is 5.02 Å². The third-order valence-electron chi connectivity index (χ3n) is 2.44. The van der Waals surface area contributed by atoms with Crippen LogP contribution in [0, 0.1) is 3.57 Å². The van der Waals surface area contributed by atoms with Crippen molar-refractivity contribution in [1.29, 1.82) is 0 Å². The second kappa shape index (κ2) is 5.37. The predicted molar refractivity (Wildman–Crippen MR) is 70.7 cm³/mol. The van der Waals surface area contributed by atoms with Gasteiger partial charge in [-0.1, -0.05) is 11.6 Å². The standard InChI is InChI=1S/C11H13ClINO/c12-10-6-8(13)3-4-11(10)15-9-2-1-5-14-7-9/h3-4,6,9,14H,1-2,5,7H2. The van der Waals surface area contributed by atoms with Crippen molar-refractivity contribution in [3.8, 4) is 5.75 Å². The Kier molecular flexibility index (Phi) is 4.11. The lowest BCUT2D eigenvalue weighted by Crippen LogP contribution is -2.37. The van der Waals surface area contributed by atoms with Crippen molar-refractivity contribution in [1.82, 2.24) is 5.32 Å². The van der Waals surface area contributed by atoms with Gasteiger partial charge in [-0.05, 0) is 60.2 Å². The molecule has 1 fully saturated rings. The van der Waals surface area contributed by atoms with Gasteiger partial charge < -0.3 is 10.1 Å². The molecule has 0 aromatic heterocycles. The summed E-state index contributed by atoms with van der Waals surface area (Å²) in [5.74, 6) is 0.797. The summed E-state index contributed by atoms with van der Waals surface area (Å²) in [5, 5.41) is 4.02. The average Bonchev–Trinajstić information content (AvgIpc) is 2.24. The van der Waals surface area contributed by atoms with E-state index >= 15 is 0 Å². The lowest BCUT2D eigenvalue weighted by atomic mass is 10.1. The molecule has 1 aliphatic heterocycles. The van der Waals surface area contributed by atoms with Crippen molar-refractivity contribution in [3.63, 3.8) is 0 Å². The highest BCUT2D eigenvalue weighted by Crippen LogP contribution is 2.27. The molecule has 82 valence electrons. The Balaban J connectivity index is 2.03. The Morgan fingerprint density at radius 1 is 1.47 bits per heavy atom. The Morgan fingerprint density at radius 2 is 2.33 bits per heavy atom. The maximum atomic E-state index is 6.10. The molecule has 1 aromatic carbocycles. The van der Waals surface area contributed by atoms with E-state index < -0.39 is 0 Å². The predicted octanol–water partition coefficient (Wildman–Crippen LogP) is 3.08. The molecule has 1 saturated heterocycles. The molecule has 1 atom stereocenters. The molecule has 0 amide bonds. The van der Waals surface area contributed by atoms with Gasteiger partial charge in [-0.2, -0.15) is 0 Å². The molecule has 1 unspecified atom stereocenters. The highest BCUT2D eigenvalue weighted by Gasteiger charge is 2.15. The number of halogens is 2. The molecule has 0 radical (unpaired) electrons. The SMILES string of the molecule is Clc1cc(I)ccc1OC1CCCNC1. The van der Waals surface area contributed by atoms with Gasteiger partial charge in [-0.15, -0.1) is 0 Å². The number of benzene rings is 1. The third kappa shape index (κ3) is 3.23. The zero-order valence-corrected chi connectivity index (χ0v) is 11.2. The minimum atomic E-state index is 0.260. The van der Waals surface area contributed by atoms with E-state index in [9.17, 15) is 0 Å². The molecule has 1 heterocycles. The van der Waals surface area contributed by atoms with Crippen LogP contribution < -0.4 is 10.1 Å². The molecular formula is C11H13ClINO. The van der Waals surface area contributed by atoms with Crippen molar-refractivity contribution in [2.45, 2.75) is 18.9 Å². The summed E-state index contributed by atoms with van der Waals surface area (Å²) in [4.78, 5) is 0. The maximum absolute atomic E-state index is 6.10. The van der Waals surface area contributed by atoms with Crippen LogP contribution >= 0.6 is 34.2 Å². The van der Waals surface area contributed by atoms with Crippen molar-refractivity contribution < 1.29 is 4.74 Å². The third-order valence-corrected chi connectivity index (χ3v) is 3.41. The molecule has 15 heavy (non-hydrogen) atoms. The highest BCUT2D eigenvalue weighted by molar-refractivity contribution is 14.1. The molecule has 0 aliphatic carbocycles. The highest BCUT2D eigenvalue weighted by atomic mass is 127. The molecule has 0 spiro atoms. The van der Waals surface area contributed by atoms with Crippen LogP contribution in [0.2, 0.25) is 5.02 Å². The Bertz CT molecular complexity index is 339. The minimum absolute atomic E-state index is 0.260. The number of hydrogen-bond donors (Lipinski definition) is 1. The van der Waals surface area contributed by atoms with E-state index in [4.69, 9.17) is 16.3 Å². The first kappa shape index (κ1) is 11.5. The van der Waals surface area contributed by atoms with E-state index in [1.54, 1.807) is 0 Å². The average molecular weight is 338 g/mol. The fourth-order valence-electron chi connectivity index (χ4n) is 1.67. The van der Waals surface area contributed by atoms with Crippen molar-refractivity contribution in [2.24, 2.45) is 0 Å². The first-order valence-electron chi connectivity index (χ1n) is 5.08. The lowest BCUT2D eigenvalue weighted by molar-refractivity contribution is 0.167. The van der Waals surface area contributed by atoms with Crippen LogP contribution in [0.3, 0.4) is 0 Å². The van der Waals surface area contributed by atoms with E-state index in [2.05, 4.69) is 27.9 Å². The Hall–Kier alpha value is -0.000000000000000132. The van der Waals surface area contributed by atoms with Crippen molar-refractivity contribution in [2.75, 3.05) is 13.1 Å². The van der Waals surface area contributed by atoms with Gasteiger partial charge in [0.1, 0.15) is 11.9 Å². The Morgan fingerprint density at radius 3 is 3.00 bits per heavy atom. The fraction of sp³-hybridized carbons (Fsp3) is 0.455. The van der Waals surface area contributed by atoms with E-state index in [1.807, 2.05) is 18.2 Å². The van der Waals surface area contributed by atoms with Crippen LogP contribution in [-0.4, -0.2) is 19.2 Å². The van der Waals surface area contributed by atoms with Gasteiger partial charge in [0.2, 0.25) is 0 Å². The van der Waals surface area contributed by atoms with Crippen LogP contribution in [-0.2, 0) is 0 Å². The van der Waals surface area contributed by atoms with Crippen molar-refractivity contribution >= 4 is 34.2 Å². The van der Waals surface area contributed by atoms with Gasteiger partial charge in [-0.25, -0.2) is 0 Å². The summed E-state index contributed by atoms with van der Waals surface area (Å²) >= 11 is 8.34. The van der Waals surface area contributed by atoms with Crippen LogP contribution in [0.15, 0.2) is 18.2 Å². The van der Waals surface area contributed by atoms with E-state index in [0.29, 0.717) is 5.02 Å². The first-order valence-corrected chi connectivity index (χ1v) is 6.54. The van der Waals surface area contributed by atoms with E-state index in [0.717, 1.165) is 28.8 Å². The number of ether oxygens (including phenoxy) is 1. The normalized spacial score (nSPS) is 21.3. The molecule has 0 saturated carbocycles. The molecule has 1 aromatic rings. The molecular weight excluding hydrogens is 324 g/mol. The summed E-state index contributed by atoms with van der Waals surface area (Å²) < 4.78 is 6.97. The van der Waals surface area contributed by atoms with Crippen molar-refractivity contribution in [3.05, 3.63) is 26.8 Å². The van der Waals surface area contributed by atoms with Gasteiger partial charge in [0.25, 0.3) is 0 Å². The topological polar surface area (TPSA) is 21.3 Å². The molecule has 1 aliphatic rings. The summed E-state index contributed by atoms with van der Waals surface area (Å²) in [7, 11) is 0. The Labute approximate surface area is 108 Å². The van der Waals surface area contributed by atoms with Crippen LogP contribution in [0.4, 0.5) is 0 Å². The molecule has 2 rings (SSSR count). The maximum Gasteiger partial charge on any atom is 0.138 e. The molecule has 2 nitrogen and oxygen atoms in total. The van der Waals surface area contributed by atoms with Gasteiger partial charge in [0.15, 0.2) is 0 Å². The lowest BCUT2D eigenvalue weighted by Gasteiger charge is -2.24. The fourth-order valence-corrected chi connectivity index (χ4v) is 2.57. The summed E-state index contributed by atoms with van der Waals surface area (Å²) in [5.41, 5.74) is 0. The van der Waals surface area contributed by atoms with Crippen LogP contribution in [0.1, 0.15) is 12.8 Å². The van der Waals surface area contributed by atoms with E-state index in [-0.39, 0.29) is 6.10 Å². The van der Waals surface area contributed by atoms with Gasteiger partial charge >= 0.3 is 0 Å². The minimum Gasteiger partial charge on any atom is -0.488 e. The molecule has 4 heteroatoms. The van der Waals surface area contributed by atoms with Crippen LogP contribution in [0.5, 0.6) is 5.75 Å². The quantitative estimate of drug-likeness (QED) is 0.838. The zero-order chi connectivity index (χ0) is 10.7. The van der Waals surface area contributed by atoms with Gasteiger partial charge in [-0.3, -0.25) is 0 Å². The monoisotopic (exact) mass is 337 g/mol. The van der Waals surface area contributed by atoms with E-state index in [1.165, 1.54) is 6.42 Å². The zero-order valence-electron chi connectivity index (χ0n) is 8.30. The second-order valence-corrected chi connectivity index (χ2v) is 5.31. The summed E-state index contributed by atoms with van der Waals surface area (Å²) in [6, 6.07) is 5.88. The van der Waals surface area contributed by atoms with Crippen LogP contribution in [0.25, 0.3) is 0 Å². The summed E-state index contributed by atoms with van der Waals surface area (Å²) in [6.07, 6.45) is 2.54. The second-order valence-electron chi connectivity index (χ2n) is 3.66. The summed E-state index contributed by atoms with van der Waals surface area (Å²) in [6.45, 7) is 2.02. The number of hydrogen-bond acceptors (Lipinski definition) is 2. The number of rotatable bonds is 2. The first-order chi connectivity index (χ1) is 7.25. The number of piperidine rings is 1.